The number of fused-ring (bicyclic) bond motifs is 1. The van der Waals surface area contributed by atoms with Crippen molar-refractivity contribution in [2.75, 3.05) is 18.0 Å². The first-order valence-electron chi connectivity index (χ1n) is 10.4. The Morgan fingerprint density at radius 3 is 2.31 bits per heavy atom. The number of pyridine rings is 1. The Balaban J connectivity index is 1.70. The fourth-order valence-electron chi connectivity index (χ4n) is 4.07. The summed E-state index contributed by atoms with van der Waals surface area (Å²) in [5.74, 6) is 1.85. The highest BCUT2D eigenvalue weighted by molar-refractivity contribution is 7.17. The van der Waals surface area contributed by atoms with E-state index in [1.54, 1.807) is 17.5 Å². The summed E-state index contributed by atoms with van der Waals surface area (Å²) in [6.45, 7) is 2.12. The second kappa shape index (κ2) is 8.29. The lowest BCUT2D eigenvalue weighted by Gasteiger charge is -2.27. The van der Waals surface area contributed by atoms with E-state index in [1.165, 1.54) is 48.6 Å². The molecular formula is C24H24N4S. The largest absolute Gasteiger partial charge is 0.356 e. The van der Waals surface area contributed by atoms with E-state index in [0.29, 0.717) is 0 Å². The van der Waals surface area contributed by atoms with Crippen LogP contribution in [0.4, 0.5) is 5.82 Å². The molecule has 1 fully saturated rings. The summed E-state index contributed by atoms with van der Waals surface area (Å²) >= 11 is 1.71. The number of hydrogen-bond donors (Lipinski definition) is 0. The van der Waals surface area contributed by atoms with Crippen LogP contribution in [0.5, 0.6) is 0 Å². The molecule has 1 aliphatic rings. The van der Waals surface area contributed by atoms with Gasteiger partial charge in [-0.2, -0.15) is 0 Å². The van der Waals surface area contributed by atoms with Crippen molar-refractivity contribution in [2.24, 2.45) is 0 Å². The fourth-order valence-corrected chi connectivity index (χ4v) is 5.01. The quantitative estimate of drug-likeness (QED) is 0.411. The van der Waals surface area contributed by atoms with Crippen molar-refractivity contribution in [2.45, 2.75) is 32.1 Å². The second-order valence-corrected chi connectivity index (χ2v) is 8.42. The molecule has 0 atom stereocenters. The predicted octanol–water partition coefficient (Wildman–Crippen LogP) is 6.19. The molecule has 3 aromatic heterocycles. The summed E-state index contributed by atoms with van der Waals surface area (Å²) in [7, 11) is 0. The normalized spacial score (nSPS) is 15.2. The number of aromatic nitrogens is 3. The number of anilines is 1. The molecule has 29 heavy (non-hydrogen) atoms. The summed E-state index contributed by atoms with van der Waals surface area (Å²) in [6, 6.07) is 14.6. The Kier molecular flexibility index (Phi) is 5.22. The van der Waals surface area contributed by atoms with Gasteiger partial charge in [0.2, 0.25) is 0 Å². The van der Waals surface area contributed by atoms with Gasteiger partial charge in [-0.15, -0.1) is 11.3 Å². The molecule has 0 spiro atoms. The van der Waals surface area contributed by atoms with Crippen LogP contribution in [0.3, 0.4) is 0 Å². The number of rotatable bonds is 3. The van der Waals surface area contributed by atoms with E-state index in [2.05, 4.69) is 45.6 Å². The molecular weight excluding hydrogens is 376 g/mol. The van der Waals surface area contributed by atoms with Gasteiger partial charge in [0.1, 0.15) is 10.6 Å². The molecule has 146 valence electrons. The second-order valence-electron chi connectivity index (χ2n) is 7.56. The summed E-state index contributed by atoms with van der Waals surface area (Å²) in [4.78, 5) is 17.8. The van der Waals surface area contributed by atoms with E-state index < -0.39 is 0 Å². The van der Waals surface area contributed by atoms with Crippen LogP contribution >= 0.6 is 11.3 Å². The number of hydrogen-bond acceptors (Lipinski definition) is 5. The third-order valence-electron chi connectivity index (χ3n) is 5.57. The standard InChI is InChI=1S/C24H24N4S/c1-2-7-14-28(15-8-3-1)23-21-20(18-10-5-4-6-11-18)17-29-24(21)27-22(26-23)19-12-9-13-25-16-19/h4-6,9-13,16-17H,1-3,7-8,14-15H2. The third kappa shape index (κ3) is 3.75. The molecule has 0 N–H and O–H groups in total. The van der Waals surface area contributed by atoms with Crippen molar-refractivity contribution in [1.29, 1.82) is 0 Å². The molecule has 0 bridgehead atoms. The highest BCUT2D eigenvalue weighted by atomic mass is 32.1. The third-order valence-corrected chi connectivity index (χ3v) is 6.45. The van der Waals surface area contributed by atoms with Crippen molar-refractivity contribution >= 4 is 27.4 Å². The Labute approximate surface area is 175 Å². The summed E-state index contributed by atoms with van der Waals surface area (Å²) < 4.78 is 0. The van der Waals surface area contributed by atoms with Gasteiger partial charge >= 0.3 is 0 Å². The molecule has 0 aliphatic carbocycles. The Morgan fingerprint density at radius 2 is 1.55 bits per heavy atom. The smallest absolute Gasteiger partial charge is 0.164 e. The average Bonchev–Trinajstić information content (AvgIpc) is 3.19. The maximum Gasteiger partial charge on any atom is 0.164 e. The summed E-state index contributed by atoms with van der Waals surface area (Å²) in [5.41, 5.74) is 3.43. The summed E-state index contributed by atoms with van der Waals surface area (Å²) in [6.07, 6.45) is 10.0. The first-order chi connectivity index (χ1) is 14.4. The van der Waals surface area contributed by atoms with Gasteiger partial charge in [-0.1, -0.05) is 49.6 Å². The molecule has 5 rings (SSSR count). The van der Waals surface area contributed by atoms with Crippen LogP contribution in [-0.2, 0) is 0 Å². The molecule has 1 aromatic carbocycles. The zero-order valence-corrected chi connectivity index (χ0v) is 17.2. The van der Waals surface area contributed by atoms with Crippen LogP contribution in [0.15, 0.2) is 60.2 Å². The first-order valence-corrected chi connectivity index (χ1v) is 11.3. The van der Waals surface area contributed by atoms with Gasteiger partial charge in [0.25, 0.3) is 0 Å². The van der Waals surface area contributed by atoms with Gasteiger partial charge in [0.15, 0.2) is 5.82 Å². The van der Waals surface area contributed by atoms with Crippen molar-refractivity contribution < 1.29 is 0 Å². The Morgan fingerprint density at radius 1 is 0.793 bits per heavy atom. The molecule has 4 nitrogen and oxygen atoms in total. The lowest BCUT2D eigenvalue weighted by molar-refractivity contribution is 0.554. The molecule has 1 saturated heterocycles. The topological polar surface area (TPSA) is 41.9 Å². The van der Waals surface area contributed by atoms with Gasteiger partial charge < -0.3 is 4.90 Å². The minimum Gasteiger partial charge on any atom is -0.356 e. The molecule has 0 saturated carbocycles. The molecule has 0 amide bonds. The predicted molar refractivity (Wildman–Crippen MR) is 121 cm³/mol. The fraction of sp³-hybridized carbons (Fsp3) is 0.292. The minimum absolute atomic E-state index is 0.768. The van der Waals surface area contributed by atoms with Gasteiger partial charge in [0, 0.05) is 42.0 Å². The lowest BCUT2D eigenvalue weighted by Crippen LogP contribution is -2.28. The van der Waals surface area contributed by atoms with Crippen molar-refractivity contribution in [3.63, 3.8) is 0 Å². The highest BCUT2D eigenvalue weighted by Gasteiger charge is 2.21. The van der Waals surface area contributed by atoms with Crippen molar-refractivity contribution in [3.05, 3.63) is 60.2 Å². The highest BCUT2D eigenvalue weighted by Crippen LogP contribution is 2.39. The number of thiophene rings is 1. The van der Waals surface area contributed by atoms with E-state index in [-0.39, 0.29) is 0 Å². The Bertz CT molecular complexity index is 1080. The van der Waals surface area contributed by atoms with Crippen LogP contribution < -0.4 is 4.90 Å². The molecule has 0 unspecified atom stereocenters. The van der Waals surface area contributed by atoms with E-state index in [9.17, 15) is 0 Å². The zero-order chi connectivity index (χ0) is 19.5. The maximum absolute atomic E-state index is 5.11. The van der Waals surface area contributed by atoms with Gasteiger partial charge in [-0.25, -0.2) is 9.97 Å². The van der Waals surface area contributed by atoms with E-state index in [4.69, 9.17) is 9.97 Å². The lowest BCUT2D eigenvalue weighted by atomic mass is 10.0. The Hall–Kier alpha value is -2.79. The van der Waals surface area contributed by atoms with Crippen LogP contribution in [0, 0.1) is 0 Å². The van der Waals surface area contributed by atoms with Gasteiger partial charge in [-0.3, -0.25) is 4.98 Å². The molecule has 4 aromatic rings. The van der Waals surface area contributed by atoms with E-state index in [0.717, 1.165) is 35.1 Å². The average molecular weight is 401 g/mol. The zero-order valence-electron chi connectivity index (χ0n) is 16.4. The minimum atomic E-state index is 0.768. The van der Waals surface area contributed by atoms with Gasteiger partial charge in [-0.05, 0) is 30.5 Å². The van der Waals surface area contributed by atoms with Crippen molar-refractivity contribution in [3.8, 4) is 22.5 Å². The number of nitrogens with zero attached hydrogens (tertiary/aromatic N) is 4. The molecule has 5 heteroatoms. The number of benzene rings is 1. The van der Waals surface area contributed by atoms with Crippen molar-refractivity contribution in [1.82, 2.24) is 15.0 Å². The molecule has 0 radical (unpaired) electrons. The summed E-state index contributed by atoms with van der Waals surface area (Å²) in [5, 5.41) is 3.42. The van der Waals surface area contributed by atoms with E-state index in [1.807, 2.05) is 18.3 Å². The maximum atomic E-state index is 5.11. The monoisotopic (exact) mass is 400 g/mol. The van der Waals surface area contributed by atoms with Gasteiger partial charge in [0.05, 0.1) is 5.39 Å². The molecule has 4 heterocycles. The SMILES string of the molecule is c1ccc(-c2csc3nc(-c4cccnc4)nc(N4CCCCCCC4)c23)cc1. The molecule has 1 aliphatic heterocycles. The van der Waals surface area contributed by atoms with Crippen LogP contribution in [-0.4, -0.2) is 28.0 Å². The van der Waals surface area contributed by atoms with Crippen LogP contribution in [0.2, 0.25) is 0 Å². The first kappa shape index (κ1) is 18.3. The van der Waals surface area contributed by atoms with Crippen LogP contribution in [0.25, 0.3) is 32.7 Å². The van der Waals surface area contributed by atoms with Crippen LogP contribution in [0.1, 0.15) is 32.1 Å². The van der Waals surface area contributed by atoms with E-state index >= 15 is 0 Å².